The Hall–Kier alpha value is -2.14. The molecule has 1 rings (SSSR count). The zero-order chi connectivity index (χ0) is 14.4. The van der Waals surface area contributed by atoms with Gasteiger partial charge < -0.3 is 9.47 Å². The minimum absolute atomic E-state index is 0.174. The van der Waals surface area contributed by atoms with Crippen molar-refractivity contribution in [3.63, 3.8) is 0 Å². The summed E-state index contributed by atoms with van der Waals surface area (Å²) in [5.41, 5.74) is -0.246. The van der Waals surface area contributed by atoms with Crippen LogP contribution < -0.4 is 0 Å². The standard InChI is InChI=1S/C13H11ClO5/c1-18-11(15)7-10(13(17)19-2)12(16)8-4-3-5-9(14)6-8/h3-7H,1-2H3/b10-7+. The van der Waals surface area contributed by atoms with E-state index in [0.717, 1.165) is 20.3 Å². The fraction of sp³-hybridized carbons (Fsp3) is 0.154. The average Bonchev–Trinajstić information content (AvgIpc) is 2.42. The van der Waals surface area contributed by atoms with E-state index in [1.807, 2.05) is 0 Å². The van der Waals surface area contributed by atoms with Crippen molar-refractivity contribution in [3.8, 4) is 0 Å². The van der Waals surface area contributed by atoms with Gasteiger partial charge in [-0.2, -0.15) is 0 Å². The lowest BCUT2D eigenvalue weighted by atomic mass is 10.0. The Morgan fingerprint density at radius 2 is 1.84 bits per heavy atom. The molecule has 1 aromatic rings. The van der Waals surface area contributed by atoms with Gasteiger partial charge in [0.1, 0.15) is 5.57 Å². The SMILES string of the molecule is COC(=O)/C=C(/C(=O)OC)C(=O)c1cccc(Cl)c1. The topological polar surface area (TPSA) is 69.7 Å². The Labute approximate surface area is 114 Å². The normalized spacial score (nSPS) is 10.8. The van der Waals surface area contributed by atoms with Crippen LogP contribution >= 0.6 is 11.6 Å². The molecule has 6 heteroatoms. The number of halogens is 1. The minimum Gasteiger partial charge on any atom is -0.466 e. The predicted molar refractivity (Wildman–Crippen MR) is 67.9 cm³/mol. The van der Waals surface area contributed by atoms with E-state index in [4.69, 9.17) is 11.6 Å². The molecular weight excluding hydrogens is 272 g/mol. The lowest BCUT2D eigenvalue weighted by Gasteiger charge is -2.05. The number of carbonyl (C=O) groups is 3. The van der Waals surface area contributed by atoms with Crippen molar-refractivity contribution in [1.82, 2.24) is 0 Å². The second-order valence-electron chi connectivity index (χ2n) is 3.41. The Bertz CT molecular complexity index is 548. The van der Waals surface area contributed by atoms with Gasteiger partial charge in [0.05, 0.1) is 14.2 Å². The molecular formula is C13H11ClO5. The van der Waals surface area contributed by atoms with Crippen LogP contribution in [-0.4, -0.2) is 31.9 Å². The summed E-state index contributed by atoms with van der Waals surface area (Å²) in [5.74, 6) is -2.41. The quantitative estimate of drug-likeness (QED) is 0.277. The van der Waals surface area contributed by atoms with Crippen LogP contribution in [0.15, 0.2) is 35.9 Å². The highest BCUT2D eigenvalue weighted by molar-refractivity contribution is 6.32. The van der Waals surface area contributed by atoms with E-state index in [1.165, 1.54) is 12.1 Å². The van der Waals surface area contributed by atoms with Gasteiger partial charge in [-0.15, -0.1) is 0 Å². The summed E-state index contributed by atoms with van der Waals surface area (Å²) in [5, 5.41) is 0.341. The zero-order valence-corrected chi connectivity index (χ0v) is 11.1. The summed E-state index contributed by atoms with van der Waals surface area (Å²) in [7, 11) is 2.25. The summed E-state index contributed by atoms with van der Waals surface area (Å²) in [4.78, 5) is 34.8. The van der Waals surface area contributed by atoms with E-state index in [9.17, 15) is 14.4 Å². The van der Waals surface area contributed by atoms with Crippen molar-refractivity contribution in [2.45, 2.75) is 0 Å². The summed E-state index contributed by atoms with van der Waals surface area (Å²) < 4.78 is 8.85. The van der Waals surface area contributed by atoms with Gasteiger partial charge in [-0.05, 0) is 12.1 Å². The molecule has 19 heavy (non-hydrogen) atoms. The summed E-state index contributed by atoms with van der Waals surface area (Å²) in [6.07, 6.45) is 0.787. The van der Waals surface area contributed by atoms with E-state index in [-0.39, 0.29) is 5.56 Å². The van der Waals surface area contributed by atoms with E-state index >= 15 is 0 Å². The molecule has 0 N–H and O–H groups in total. The lowest BCUT2D eigenvalue weighted by Crippen LogP contribution is -2.17. The number of benzene rings is 1. The van der Waals surface area contributed by atoms with Crippen molar-refractivity contribution in [2.24, 2.45) is 0 Å². The van der Waals surface area contributed by atoms with Gasteiger partial charge in [-0.3, -0.25) is 4.79 Å². The number of methoxy groups -OCH3 is 2. The number of rotatable bonds is 4. The molecule has 0 bridgehead atoms. The van der Waals surface area contributed by atoms with Gasteiger partial charge >= 0.3 is 11.9 Å². The van der Waals surface area contributed by atoms with Crippen LogP contribution in [0.3, 0.4) is 0 Å². The molecule has 0 radical (unpaired) electrons. The summed E-state index contributed by atoms with van der Waals surface area (Å²) in [6.45, 7) is 0. The van der Waals surface area contributed by atoms with Crippen molar-refractivity contribution < 1.29 is 23.9 Å². The van der Waals surface area contributed by atoms with Gasteiger partial charge in [0.2, 0.25) is 5.78 Å². The van der Waals surface area contributed by atoms with Crippen LogP contribution in [0.1, 0.15) is 10.4 Å². The minimum atomic E-state index is -0.921. The van der Waals surface area contributed by atoms with Crippen LogP contribution in [0.5, 0.6) is 0 Å². The lowest BCUT2D eigenvalue weighted by molar-refractivity contribution is -0.138. The highest BCUT2D eigenvalue weighted by Crippen LogP contribution is 2.15. The van der Waals surface area contributed by atoms with Gasteiger partial charge in [0.25, 0.3) is 0 Å². The van der Waals surface area contributed by atoms with E-state index < -0.39 is 23.3 Å². The number of esters is 2. The van der Waals surface area contributed by atoms with Crippen LogP contribution in [-0.2, 0) is 19.1 Å². The maximum atomic E-state index is 12.1. The van der Waals surface area contributed by atoms with Crippen molar-refractivity contribution in [1.29, 1.82) is 0 Å². The Kier molecular flexibility index (Phi) is 5.26. The highest BCUT2D eigenvalue weighted by atomic mass is 35.5. The number of ether oxygens (including phenoxy) is 2. The molecule has 0 saturated heterocycles. The highest BCUT2D eigenvalue weighted by Gasteiger charge is 2.22. The third kappa shape index (κ3) is 3.93. The fourth-order valence-corrected chi connectivity index (χ4v) is 1.48. The molecule has 0 aliphatic heterocycles. The third-order valence-corrected chi connectivity index (χ3v) is 2.44. The summed E-state index contributed by atoms with van der Waals surface area (Å²) in [6, 6.07) is 6.00. The van der Waals surface area contributed by atoms with Gasteiger partial charge in [0.15, 0.2) is 0 Å². The molecule has 0 unspecified atom stereocenters. The fourth-order valence-electron chi connectivity index (χ4n) is 1.29. The van der Waals surface area contributed by atoms with E-state index in [0.29, 0.717) is 5.02 Å². The number of hydrogen-bond acceptors (Lipinski definition) is 5. The maximum absolute atomic E-state index is 12.1. The number of hydrogen-bond donors (Lipinski definition) is 0. The second kappa shape index (κ2) is 6.70. The molecule has 5 nitrogen and oxygen atoms in total. The first-order valence-electron chi connectivity index (χ1n) is 5.17. The van der Waals surface area contributed by atoms with Crippen molar-refractivity contribution in [2.75, 3.05) is 14.2 Å². The van der Waals surface area contributed by atoms with Gasteiger partial charge in [-0.1, -0.05) is 23.7 Å². The Morgan fingerprint density at radius 3 is 2.37 bits per heavy atom. The summed E-state index contributed by atoms with van der Waals surface area (Å²) >= 11 is 5.76. The van der Waals surface area contributed by atoms with Crippen molar-refractivity contribution in [3.05, 3.63) is 46.5 Å². The van der Waals surface area contributed by atoms with E-state index in [1.54, 1.807) is 12.1 Å². The molecule has 100 valence electrons. The monoisotopic (exact) mass is 282 g/mol. The molecule has 0 heterocycles. The number of Topliss-reactive ketones (excluding diaryl/α,β-unsaturated/α-hetero) is 1. The van der Waals surface area contributed by atoms with Gasteiger partial charge in [0, 0.05) is 16.7 Å². The first-order chi connectivity index (χ1) is 8.99. The van der Waals surface area contributed by atoms with Crippen LogP contribution in [0, 0.1) is 0 Å². The molecule has 0 amide bonds. The smallest absolute Gasteiger partial charge is 0.342 e. The first-order valence-corrected chi connectivity index (χ1v) is 5.55. The van der Waals surface area contributed by atoms with Gasteiger partial charge in [-0.25, -0.2) is 9.59 Å². The third-order valence-electron chi connectivity index (χ3n) is 2.20. The van der Waals surface area contributed by atoms with Crippen molar-refractivity contribution >= 4 is 29.3 Å². The maximum Gasteiger partial charge on any atom is 0.342 e. The van der Waals surface area contributed by atoms with Crippen LogP contribution in [0.4, 0.5) is 0 Å². The molecule has 1 aromatic carbocycles. The zero-order valence-electron chi connectivity index (χ0n) is 10.3. The number of carbonyl (C=O) groups excluding carboxylic acids is 3. The predicted octanol–water partition coefficient (Wildman–Crippen LogP) is 1.80. The largest absolute Gasteiger partial charge is 0.466 e. The molecule has 0 aromatic heterocycles. The molecule has 0 aliphatic rings. The average molecular weight is 283 g/mol. The molecule has 0 fully saturated rings. The number of ketones is 1. The molecule has 0 atom stereocenters. The second-order valence-corrected chi connectivity index (χ2v) is 3.85. The molecule has 0 saturated carbocycles. The molecule has 0 spiro atoms. The Balaban J connectivity index is 3.19. The molecule has 0 aliphatic carbocycles. The van der Waals surface area contributed by atoms with Crippen LogP contribution in [0.25, 0.3) is 0 Å². The van der Waals surface area contributed by atoms with Crippen LogP contribution in [0.2, 0.25) is 5.02 Å². The first kappa shape index (κ1) is 14.9. The Morgan fingerprint density at radius 1 is 1.16 bits per heavy atom. The van der Waals surface area contributed by atoms with E-state index in [2.05, 4.69) is 9.47 Å².